The predicted octanol–water partition coefficient (Wildman–Crippen LogP) is 4.16. The van der Waals surface area contributed by atoms with Crippen molar-refractivity contribution in [2.75, 3.05) is 0 Å². The first-order valence-corrected chi connectivity index (χ1v) is 5.82. The van der Waals surface area contributed by atoms with Gasteiger partial charge in [0.2, 0.25) is 0 Å². The van der Waals surface area contributed by atoms with Gasteiger partial charge in [0.1, 0.15) is 0 Å². The molecule has 0 aliphatic carbocycles. The lowest BCUT2D eigenvalue weighted by Crippen LogP contribution is -2.18. The summed E-state index contributed by atoms with van der Waals surface area (Å²) >= 11 is 0. The molecule has 0 aliphatic rings. The molecule has 1 unspecified atom stereocenters. The second kappa shape index (κ2) is 5.23. The van der Waals surface area contributed by atoms with Gasteiger partial charge in [-0.2, -0.15) is 0 Å². The van der Waals surface area contributed by atoms with Gasteiger partial charge in [-0.15, -0.1) is 0 Å². The summed E-state index contributed by atoms with van der Waals surface area (Å²) in [6.45, 7) is 6.98. The van der Waals surface area contributed by atoms with Crippen LogP contribution in [0.5, 0.6) is 0 Å². The number of aromatic nitrogens is 1. The maximum atomic E-state index is 3.30. The maximum absolute atomic E-state index is 3.30. The van der Waals surface area contributed by atoms with Crippen molar-refractivity contribution in [2.45, 2.75) is 52.9 Å². The SMILES string of the molecule is CCCCC(C)(CC)Cc1ccc[nH]1. The molecule has 1 rings (SSSR count). The van der Waals surface area contributed by atoms with E-state index < -0.39 is 0 Å². The number of aromatic amines is 1. The Morgan fingerprint density at radius 3 is 2.64 bits per heavy atom. The monoisotopic (exact) mass is 193 g/mol. The van der Waals surface area contributed by atoms with Crippen molar-refractivity contribution in [3.63, 3.8) is 0 Å². The minimum atomic E-state index is 0.487. The molecule has 1 nitrogen and oxygen atoms in total. The number of rotatable bonds is 6. The molecule has 0 spiro atoms. The van der Waals surface area contributed by atoms with E-state index in [4.69, 9.17) is 0 Å². The quantitative estimate of drug-likeness (QED) is 0.698. The van der Waals surface area contributed by atoms with Gasteiger partial charge >= 0.3 is 0 Å². The zero-order valence-corrected chi connectivity index (χ0v) is 9.77. The molecular formula is C13H23N. The molecule has 0 fully saturated rings. The van der Waals surface area contributed by atoms with Crippen LogP contribution in [0.3, 0.4) is 0 Å². The van der Waals surface area contributed by atoms with Crippen LogP contribution in [0, 0.1) is 5.41 Å². The average molecular weight is 193 g/mol. The van der Waals surface area contributed by atoms with Gasteiger partial charge in [-0.25, -0.2) is 0 Å². The predicted molar refractivity (Wildman–Crippen MR) is 62.4 cm³/mol. The molecule has 0 radical (unpaired) electrons. The Morgan fingerprint density at radius 1 is 1.36 bits per heavy atom. The highest BCUT2D eigenvalue weighted by molar-refractivity contribution is 5.06. The van der Waals surface area contributed by atoms with Crippen molar-refractivity contribution in [2.24, 2.45) is 5.41 Å². The summed E-state index contributed by atoms with van der Waals surface area (Å²) in [5.74, 6) is 0. The van der Waals surface area contributed by atoms with Crippen LogP contribution in [-0.2, 0) is 6.42 Å². The lowest BCUT2D eigenvalue weighted by atomic mass is 9.78. The Balaban J connectivity index is 2.52. The molecule has 0 bridgehead atoms. The molecule has 0 aromatic carbocycles. The Kier molecular flexibility index (Phi) is 4.24. The number of nitrogens with one attached hydrogen (secondary N) is 1. The first kappa shape index (κ1) is 11.4. The summed E-state index contributed by atoms with van der Waals surface area (Å²) in [6.07, 6.45) is 8.48. The van der Waals surface area contributed by atoms with Crippen LogP contribution >= 0.6 is 0 Å². The van der Waals surface area contributed by atoms with Crippen molar-refractivity contribution in [3.05, 3.63) is 24.0 Å². The van der Waals surface area contributed by atoms with Crippen LogP contribution in [-0.4, -0.2) is 4.98 Å². The number of unbranched alkanes of at least 4 members (excludes halogenated alkanes) is 1. The minimum Gasteiger partial charge on any atom is -0.365 e. The van der Waals surface area contributed by atoms with Gasteiger partial charge in [-0.3, -0.25) is 0 Å². The first-order chi connectivity index (χ1) is 6.70. The molecule has 0 saturated heterocycles. The van der Waals surface area contributed by atoms with Gasteiger partial charge in [-0.05, 0) is 30.4 Å². The molecule has 1 heteroatoms. The number of hydrogen-bond acceptors (Lipinski definition) is 0. The molecule has 1 heterocycles. The maximum Gasteiger partial charge on any atom is 0.0152 e. The Labute approximate surface area is 87.9 Å². The van der Waals surface area contributed by atoms with Gasteiger partial charge < -0.3 is 4.98 Å². The summed E-state index contributed by atoms with van der Waals surface area (Å²) in [7, 11) is 0. The fourth-order valence-corrected chi connectivity index (χ4v) is 1.93. The van der Waals surface area contributed by atoms with Crippen LogP contribution in [0.15, 0.2) is 18.3 Å². The van der Waals surface area contributed by atoms with Gasteiger partial charge in [0.05, 0.1) is 0 Å². The van der Waals surface area contributed by atoms with E-state index in [-0.39, 0.29) is 0 Å². The molecule has 0 aliphatic heterocycles. The van der Waals surface area contributed by atoms with Crippen LogP contribution in [0.1, 0.15) is 52.1 Å². The highest BCUT2D eigenvalue weighted by Gasteiger charge is 2.21. The van der Waals surface area contributed by atoms with E-state index in [1.54, 1.807) is 0 Å². The van der Waals surface area contributed by atoms with Crippen molar-refractivity contribution < 1.29 is 0 Å². The van der Waals surface area contributed by atoms with Crippen molar-refractivity contribution in [3.8, 4) is 0 Å². The third-order valence-corrected chi connectivity index (χ3v) is 3.27. The molecule has 14 heavy (non-hydrogen) atoms. The normalized spacial score (nSPS) is 15.4. The van der Waals surface area contributed by atoms with Crippen LogP contribution in [0.4, 0.5) is 0 Å². The van der Waals surface area contributed by atoms with Gasteiger partial charge in [-0.1, -0.05) is 40.0 Å². The first-order valence-electron chi connectivity index (χ1n) is 5.82. The highest BCUT2D eigenvalue weighted by atomic mass is 14.7. The summed E-state index contributed by atoms with van der Waals surface area (Å²) in [5, 5.41) is 0. The molecule has 0 saturated carbocycles. The lowest BCUT2D eigenvalue weighted by molar-refractivity contribution is 0.271. The molecule has 1 aromatic rings. The zero-order chi connectivity index (χ0) is 10.4. The summed E-state index contributed by atoms with van der Waals surface area (Å²) in [5.41, 5.74) is 1.87. The minimum absolute atomic E-state index is 0.487. The van der Waals surface area contributed by atoms with Gasteiger partial charge in [0.25, 0.3) is 0 Å². The molecule has 1 atom stereocenters. The van der Waals surface area contributed by atoms with Gasteiger partial charge in [0, 0.05) is 11.9 Å². The largest absolute Gasteiger partial charge is 0.365 e. The van der Waals surface area contributed by atoms with Crippen LogP contribution in [0.2, 0.25) is 0 Å². The average Bonchev–Trinajstić information content (AvgIpc) is 2.67. The third kappa shape index (κ3) is 3.21. The van der Waals surface area contributed by atoms with E-state index in [2.05, 4.69) is 37.9 Å². The standard InChI is InChI=1S/C13H23N/c1-4-6-9-13(3,5-2)11-12-8-7-10-14-12/h7-8,10,14H,4-6,9,11H2,1-3H3. The molecule has 1 aromatic heterocycles. The second-order valence-electron chi connectivity index (χ2n) is 4.64. The summed E-state index contributed by atoms with van der Waals surface area (Å²) < 4.78 is 0. The third-order valence-electron chi connectivity index (χ3n) is 3.27. The second-order valence-corrected chi connectivity index (χ2v) is 4.64. The Bertz CT molecular complexity index is 238. The van der Waals surface area contributed by atoms with E-state index in [1.807, 2.05) is 6.20 Å². The van der Waals surface area contributed by atoms with Crippen LogP contribution < -0.4 is 0 Å². The number of hydrogen-bond donors (Lipinski definition) is 1. The van der Waals surface area contributed by atoms with E-state index >= 15 is 0 Å². The molecule has 80 valence electrons. The van der Waals surface area contributed by atoms with Crippen molar-refractivity contribution in [1.82, 2.24) is 4.98 Å². The fourth-order valence-electron chi connectivity index (χ4n) is 1.93. The Hall–Kier alpha value is -0.720. The molecular weight excluding hydrogens is 170 g/mol. The van der Waals surface area contributed by atoms with E-state index in [1.165, 1.54) is 37.8 Å². The van der Waals surface area contributed by atoms with Crippen molar-refractivity contribution in [1.29, 1.82) is 0 Å². The van der Waals surface area contributed by atoms with Crippen molar-refractivity contribution >= 4 is 0 Å². The van der Waals surface area contributed by atoms with Gasteiger partial charge in [0.15, 0.2) is 0 Å². The molecule has 0 amide bonds. The highest BCUT2D eigenvalue weighted by Crippen LogP contribution is 2.31. The van der Waals surface area contributed by atoms with Crippen LogP contribution in [0.25, 0.3) is 0 Å². The fraction of sp³-hybridized carbons (Fsp3) is 0.692. The smallest absolute Gasteiger partial charge is 0.0152 e. The lowest BCUT2D eigenvalue weighted by Gasteiger charge is -2.27. The zero-order valence-electron chi connectivity index (χ0n) is 9.77. The Morgan fingerprint density at radius 2 is 2.14 bits per heavy atom. The summed E-state index contributed by atoms with van der Waals surface area (Å²) in [6, 6.07) is 4.28. The molecule has 1 N–H and O–H groups in total. The van der Waals surface area contributed by atoms with E-state index in [0.29, 0.717) is 5.41 Å². The topological polar surface area (TPSA) is 15.8 Å². The number of H-pyrrole nitrogens is 1. The van der Waals surface area contributed by atoms with E-state index in [0.717, 1.165) is 0 Å². The van der Waals surface area contributed by atoms with E-state index in [9.17, 15) is 0 Å². The summed E-state index contributed by atoms with van der Waals surface area (Å²) in [4.78, 5) is 3.30.